The van der Waals surface area contributed by atoms with Gasteiger partial charge in [-0.2, -0.15) is 5.10 Å². The number of fused-ring (bicyclic) bond motifs is 2. The smallest absolute Gasteiger partial charge is 0.314 e. The van der Waals surface area contributed by atoms with E-state index in [0.29, 0.717) is 48.1 Å². The average Bonchev–Trinajstić information content (AvgIpc) is 3.75. The van der Waals surface area contributed by atoms with E-state index in [1.54, 1.807) is 30.0 Å². The number of aromatic amines is 1. The normalized spacial score (nSPS) is 19.7. The number of rotatable bonds is 7. The van der Waals surface area contributed by atoms with E-state index in [9.17, 15) is 19.2 Å². The van der Waals surface area contributed by atoms with Crippen molar-refractivity contribution >= 4 is 23.7 Å². The van der Waals surface area contributed by atoms with E-state index in [1.165, 1.54) is 7.11 Å². The maximum absolute atomic E-state index is 13.6. The van der Waals surface area contributed by atoms with E-state index in [4.69, 9.17) is 14.2 Å². The number of hydrogen-bond donors (Lipinski definition) is 3. The van der Waals surface area contributed by atoms with Gasteiger partial charge in [-0.1, -0.05) is 49.2 Å². The van der Waals surface area contributed by atoms with Crippen molar-refractivity contribution in [1.82, 2.24) is 25.7 Å². The number of esters is 1. The lowest BCUT2D eigenvalue weighted by atomic mass is 9.76. The number of nitrogens with zero attached hydrogens (tertiary/aromatic N) is 2. The van der Waals surface area contributed by atoms with Crippen LogP contribution in [0.3, 0.4) is 0 Å². The van der Waals surface area contributed by atoms with Gasteiger partial charge in [0.1, 0.15) is 5.69 Å². The molecule has 0 spiro atoms. The summed E-state index contributed by atoms with van der Waals surface area (Å²) in [6.07, 6.45) is 3.46. The Kier molecular flexibility index (Phi) is 11.1. The Labute approximate surface area is 274 Å². The van der Waals surface area contributed by atoms with Crippen LogP contribution >= 0.6 is 0 Å². The molecule has 47 heavy (non-hydrogen) atoms. The van der Waals surface area contributed by atoms with Gasteiger partial charge in [-0.05, 0) is 55.9 Å². The van der Waals surface area contributed by atoms with Gasteiger partial charge in [0.05, 0.1) is 24.8 Å². The molecule has 1 fully saturated rings. The summed E-state index contributed by atoms with van der Waals surface area (Å²) >= 11 is 0. The quantitative estimate of drug-likeness (QED) is 0.330. The highest BCUT2D eigenvalue weighted by atomic mass is 16.5. The number of amides is 3. The minimum Gasteiger partial charge on any atom is -0.493 e. The molecule has 1 atom stereocenters. The van der Waals surface area contributed by atoms with Gasteiger partial charge in [0.2, 0.25) is 5.91 Å². The fraction of sp³-hybridized carbons (Fsp3) is 0.457. The fourth-order valence-corrected chi connectivity index (χ4v) is 5.91. The van der Waals surface area contributed by atoms with Gasteiger partial charge < -0.3 is 29.7 Å². The first kappa shape index (κ1) is 33.5. The minimum atomic E-state index is -0.986. The van der Waals surface area contributed by atoms with Crippen molar-refractivity contribution in [3.63, 3.8) is 0 Å². The highest BCUT2D eigenvalue weighted by molar-refractivity contribution is 5.93. The van der Waals surface area contributed by atoms with Crippen molar-refractivity contribution in [1.29, 1.82) is 0 Å². The molecule has 1 aromatic heterocycles. The lowest BCUT2D eigenvalue weighted by Gasteiger charge is -2.32. The summed E-state index contributed by atoms with van der Waals surface area (Å²) in [4.78, 5) is 54.7. The summed E-state index contributed by atoms with van der Waals surface area (Å²) in [5.74, 6) is -0.0657. The van der Waals surface area contributed by atoms with Gasteiger partial charge in [0, 0.05) is 38.2 Å². The van der Waals surface area contributed by atoms with Gasteiger partial charge in [-0.3, -0.25) is 24.3 Å². The number of hydrogen-bond acceptors (Lipinski definition) is 8. The first-order valence-electron chi connectivity index (χ1n) is 16.2. The third-order valence-electron chi connectivity index (χ3n) is 8.54. The number of H-pyrrole nitrogens is 1. The van der Waals surface area contributed by atoms with Crippen LogP contribution in [0, 0.1) is 11.3 Å². The van der Waals surface area contributed by atoms with Gasteiger partial charge >= 0.3 is 5.97 Å². The number of methoxy groups -OCH3 is 1. The molecule has 1 saturated carbocycles. The third kappa shape index (κ3) is 8.90. The topological polar surface area (TPSA) is 152 Å². The van der Waals surface area contributed by atoms with Crippen LogP contribution in [0.1, 0.15) is 55.1 Å². The fourth-order valence-electron chi connectivity index (χ4n) is 5.91. The van der Waals surface area contributed by atoms with E-state index in [-0.39, 0.29) is 69.5 Å². The van der Waals surface area contributed by atoms with Crippen LogP contribution < -0.4 is 20.1 Å². The SMILES string of the molecule is CCOC(=O)C1(CC2CC2)CNC(=O)CCCN(C(=O)c2cc(-c3ccccc3)n[nH]2)CCNC(=O)COc2cc(ccc2OC)C1. The molecule has 2 aliphatic rings. The summed E-state index contributed by atoms with van der Waals surface area (Å²) in [6.45, 7) is 2.49. The molecule has 3 N–H and O–H groups in total. The largest absolute Gasteiger partial charge is 0.493 e. The Morgan fingerprint density at radius 1 is 1.04 bits per heavy atom. The van der Waals surface area contributed by atoms with Crippen molar-refractivity contribution in [2.45, 2.75) is 45.4 Å². The van der Waals surface area contributed by atoms with Gasteiger partial charge in [-0.15, -0.1) is 0 Å². The Hall–Kier alpha value is -4.87. The first-order chi connectivity index (χ1) is 22.8. The second kappa shape index (κ2) is 15.6. The molecule has 2 bridgehead atoms. The zero-order valence-corrected chi connectivity index (χ0v) is 27.0. The molecule has 5 rings (SSSR count). The third-order valence-corrected chi connectivity index (χ3v) is 8.54. The summed E-state index contributed by atoms with van der Waals surface area (Å²) in [6, 6.07) is 16.6. The van der Waals surface area contributed by atoms with E-state index in [1.807, 2.05) is 36.4 Å². The van der Waals surface area contributed by atoms with Crippen molar-refractivity contribution < 1.29 is 33.4 Å². The van der Waals surface area contributed by atoms with Crippen LogP contribution in [0.2, 0.25) is 0 Å². The predicted molar refractivity (Wildman–Crippen MR) is 174 cm³/mol. The molecule has 0 radical (unpaired) electrons. The van der Waals surface area contributed by atoms with Crippen LogP contribution in [0.4, 0.5) is 0 Å². The Morgan fingerprint density at radius 2 is 1.85 bits per heavy atom. The first-order valence-corrected chi connectivity index (χ1v) is 16.2. The number of ether oxygens (including phenoxy) is 3. The van der Waals surface area contributed by atoms with E-state index in [0.717, 1.165) is 24.0 Å². The summed E-state index contributed by atoms with van der Waals surface area (Å²) in [7, 11) is 1.51. The molecule has 1 aliphatic carbocycles. The standard InChI is InChI=1S/C35H43N5O7/c1-3-46-34(44)35(20-24-11-12-24)21-25-13-14-29(45-2)30(18-25)47-22-32(42)36-15-17-40(16-7-10-31(41)37-23-35)33(43)28-19-27(38-39-28)26-8-5-4-6-9-26/h4-6,8-9,13-14,18-19,24H,3,7,10-12,15-17,20-23H2,1-2H3,(H,36,42)(H,37,41)(H,38,39). The molecular weight excluding hydrogens is 602 g/mol. The van der Waals surface area contributed by atoms with E-state index in [2.05, 4.69) is 20.8 Å². The Morgan fingerprint density at radius 3 is 2.60 bits per heavy atom. The molecule has 1 aliphatic heterocycles. The van der Waals surface area contributed by atoms with E-state index < -0.39 is 5.41 Å². The van der Waals surface area contributed by atoms with Crippen LogP contribution in [0.15, 0.2) is 54.6 Å². The molecule has 3 aromatic rings. The molecule has 0 saturated heterocycles. The van der Waals surface area contributed by atoms with Crippen molar-refractivity contribution in [2.75, 3.05) is 46.5 Å². The number of carbonyl (C=O) groups excluding carboxylic acids is 4. The average molecular weight is 646 g/mol. The maximum atomic E-state index is 13.6. The van der Waals surface area contributed by atoms with Crippen LogP contribution in [0.25, 0.3) is 11.3 Å². The number of aromatic nitrogens is 2. The van der Waals surface area contributed by atoms with E-state index >= 15 is 0 Å². The zero-order chi connectivity index (χ0) is 33.2. The minimum absolute atomic E-state index is 0.116. The zero-order valence-electron chi connectivity index (χ0n) is 27.0. The van der Waals surface area contributed by atoms with Crippen molar-refractivity contribution in [2.24, 2.45) is 11.3 Å². The highest BCUT2D eigenvalue weighted by Crippen LogP contribution is 2.43. The van der Waals surface area contributed by atoms with Crippen LogP contribution in [-0.4, -0.2) is 85.3 Å². The predicted octanol–water partition coefficient (Wildman–Crippen LogP) is 3.52. The molecule has 2 aromatic carbocycles. The van der Waals surface area contributed by atoms with Crippen molar-refractivity contribution in [3.8, 4) is 22.8 Å². The highest BCUT2D eigenvalue weighted by Gasteiger charge is 2.45. The second-order valence-corrected chi connectivity index (χ2v) is 12.2. The van der Waals surface area contributed by atoms with Gasteiger partial charge in [-0.25, -0.2) is 0 Å². The second-order valence-electron chi connectivity index (χ2n) is 12.2. The maximum Gasteiger partial charge on any atom is 0.314 e. The molecule has 12 heteroatoms. The Bertz CT molecular complexity index is 1550. The summed E-state index contributed by atoms with van der Waals surface area (Å²) < 4.78 is 16.9. The summed E-state index contributed by atoms with van der Waals surface area (Å²) in [5.41, 5.74) is 1.62. The van der Waals surface area contributed by atoms with Crippen LogP contribution in [0.5, 0.6) is 11.5 Å². The molecule has 1 unspecified atom stereocenters. The number of benzene rings is 2. The molecular formula is C35H43N5O7. The molecule has 3 amide bonds. The lowest BCUT2D eigenvalue weighted by Crippen LogP contribution is -2.46. The van der Waals surface area contributed by atoms with Crippen LogP contribution in [-0.2, 0) is 25.5 Å². The molecule has 12 nitrogen and oxygen atoms in total. The number of nitrogens with one attached hydrogen (secondary N) is 3. The summed E-state index contributed by atoms with van der Waals surface area (Å²) in [5, 5.41) is 13.0. The monoisotopic (exact) mass is 645 g/mol. The molecule has 250 valence electrons. The van der Waals surface area contributed by atoms with Gasteiger partial charge in [0.25, 0.3) is 11.8 Å². The van der Waals surface area contributed by atoms with Crippen molar-refractivity contribution in [3.05, 3.63) is 65.9 Å². The van der Waals surface area contributed by atoms with Gasteiger partial charge in [0.15, 0.2) is 18.1 Å². The Balaban J connectivity index is 1.37. The lowest BCUT2D eigenvalue weighted by molar-refractivity contribution is -0.156. The molecule has 2 heterocycles. The number of carbonyl (C=O) groups is 4.